The summed E-state index contributed by atoms with van der Waals surface area (Å²) < 4.78 is 39.6. The second-order valence-corrected chi connectivity index (χ2v) is 7.17. The first-order valence-electron chi connectivity index (χ1n) is 8.19. The number of thioether (sulfide) groups is 1. The van der Waals surface area contributed by atoms with Crippen LogP contribution >= 0.6 is 11.8 Å². The molecule has 0 aliphatic rings. The van der Waals surface area contributed by atoms with Gasteiger partial charge in [0.1, 0.15) is 5.69 Å². The van der Waals surface area contributed by atoms with Crippen molar-refractivity contribution in [2.24, 2.45) is 0 Å². The van der Waals surface area contributed by atoms with E-state index in [2.05, 4.69) is 15.3 Å². The molecule has 2 aromatic rings. The smallest absolute Gasteiger partial charge is 0.353 e. The average Bonchev–Trinajstić information content (AvgIpc) is 2.61. The first-order chi connectivity index (χ1) is 12.2. The Morgan fingerprint density at radius 3 is 2.42 bits per heavy atom. The Kier molecular flexibility index (Phi) is 6.63. The zero-order chi connectivity index (χ0) is 19.3. The SMILES string of the molecule is CCC(C)NC(=O)C(C)Sc1nc(-c2ccccc2)cc(C(F)(F)F)n1. The molecule has 1 aromatic heterocycles. The molecule has 0 radical (unpaired) electrons. The first-order valence-corrected chi connectivity index (χ1v) is 9.07. The first kappa shape index (κ1) is 20.2. The Hall–Kier alpha value is -2.09. The van der Waals surface area contributed by atoms with Gasteiger partial charge in [-0.1, -0.05) is 49.0 Å². The molecule has 0 fully saturated rings. The summed E-state index contributed by atoms with van der Waals surface area (Å²) in [5.41, 5.74) is -0.299. The van der Waals surface area contributed by atoms with Gasteiger partial charge in [-0.15, -0.1) is 0 Å². The molecule has 2 unspecified atom stereocenters. The topological polar surface area (TPSA) is 54.9 Å². The van der Waals surface area contributed by atoms with Gasteiger partial charge in [-0.25, -0.2) is 9.97 Å². The van der Waals surface area contributed by atoms with Crippen LogP contribution in [-0.4, -0.2) is 27.2 Å². The van der Waals surface area contributed by atoms with E-state index in [1.165, 1.54) is 0 Å². The van der Waals surface area contributed by atoms with Crippen molar-refractivity contribution in [3.8, 4) is 11.3 Å². The molecule has 140 valence electrons. The highest BCUT2D eigenvalue weighted by molar-refractivity contribution is 8.00. The van der Waals surface area contributed by atoms with E-state index in [9.17, 15) is 18.0 Å². The lowest BCUT2D eigenvalue weighted by atomic mass is 10.1. The van der Waals surface area contributed by atoms with Gasteiger partial charge >= 0.3 is 6.18 Å². The van der Waals surface area contributed by atoms with E-state index in [-0.39, 0.29) is 22.8 Å². The molecule has 2 atom stereocenters. The van der Waals surface area contributed by atoms with E-state index in [0.717, 1.165) is 24.2 Å². The number of aromatic nitrogens is 2. The molecule has 8 heteroatoms. The van der Waals surface area contributed by atoms with Crippen LogP contribution < -0.4 is 5.32 Å². The maximum atomic E-state index is 13.2. The Labute approximate surface area is 154 Å². The number of rotatable bonds is 6. The van der Waals surface area contributed by atoms with Crippen LogP contribution in [0.5, 0.6) is 0 Å². The van der Waals surface area contributed by atoms with Crippen LogP contribution in [0.2, 0.25) is 0 Å². The van der Waals surface area contributed by atoms with Crippen LogP contribution in [0.3, 0.4) is 0 Å². The van der Waals surface area contributed by atoms with E-state index in [1.807, 2.05) is 13.8 Å². The maximum absolute atomic E-state index is 13.2. The minimum absolute atomic E-state index is 0.00661. The molecule has 1 aromatic carbocycles. The second kappa shape index (κ2) is 8.53. The molecule has 0 saturated carbocycles. The number of hydrogen-bond donors (Lipinski definition) is 1. The van der Waals surface area contributed by atoms with Crippen LogP contribution in [0.1, 0.15) is 32.9 Å². The third kappa shape index (κ3) is 5.45. The van der Waals surface area contributed by atoms with Gasteiger partial charge in [0.25, 0.3) is 0 Å². The zero-order valence-corrected chi connectivity index (χ0v) is 15.5. The summed E-state index contributed by atoms with van der Waals surface area (Å²) in [7, 11) is 0. The lowest BCUT2D eigenvalue weighted by Crippen LogP contribution is -2.37. The molecule has 4 nitrogen and oxygen atoms in total. The summed E-state index contributed by atoms with van der Waals surface area (Å²) >= 11 is 0.909. The van der Waals surface area contributed by atoms with Gasteiger partial charge < -0.3 is 5.32 Å². The largest absolute Gasteiger partial charge is 0.433 e. The summed E-state index contributed by atoms with van der Waals surface area (Å²) in [5.74, 6) is -0.258. The Balaban J connectivity index is 2.31. The fourth-order valence-corrected chi connectivity index (χ4v) is 2.85. The van der Waals surface area contributed by atoms with Gasteiger partial charge in [0.15, 0.2) is 5.16 Å². The molecule has 0 aliphatic carbocycles. The van der Waals surface area contributed by atoms with E-state index in [0.29, 0.717) is 5.56 Å². The lowest BCUT2D eigenvalue weighted by molar-refractivity contribution is -0.141. The standard InChI is InChI=1S/C18H20F3N3OS/c1-4-11(2)22-16(25)12(3)26-17-23-14(13-8-6-5-7-9-13)10-15(24-17)18(19,20)21/h5-12H,4H2,1-3H3,(H,22,25). The maximum Gasteiger partial charge on any atom is 0.433 e. The third-order valence-electron chi connectivity index (χ3n) is 3.72. The summed E-state index contributed by atoms with van der Waals surface area (Å²) in [5, 5.41) is 2.11. The van der Waals surface area contributed by atoms with Gasteiger partial charge in [-0.3, -0.25) is 4.79 Å². The highest BCUT2D eigenvalue weighted by Crippen LogP contribution is 2.32. The number of benzene rings is 1. The minimum Gasteiger partial charge on any atom is -0.353 e. The van der Waals surface area contributed by atoms with Crippen LogP contribution in [0, 0.1) is 0 Å². The van der Waals surface area contributed by atoms with Gasteiger partial charge in [0, 0.05) is 11.6 Å². The molecule has 26 heavy (non-hydrogen) atoms. The van der Waals surface area contributed by atoms with Crippen molar-refractivity contribution in [1.29, 1.82) is 0 Å². The second-order valence-electron chi connectivity index (χ2n) is 5.86. The molecule has 1 heterocycles. The molecule has 0 spiro atoms. The van der Waals surface area contributed by atoms with Crippen LogP contribution in [0.15, 0.2) is 41.6 Å². The van der Waals surface area contributed by atoms with Gasteiger partial charge in [-0.05, 0) is 26.3 Å². The highest BCUT2D eigenvalue weighted by Gasteiger charge is 2.34. The molecule has 0 bridgehead atoms. The molecule has 0 aliphatic heterocycles. The van der Waals surface area contributed by atoms with Crippen molar-refractivity contribution in [2.75, 3.05) is 0 Å². The quantitative estimate of drug-likeness (QED) is 0.587. The third-order valence-corrected chi connectivity index (χ3v) is 4.68. The Bertz CT molecular complexity index is 753. The van der Waals surface area contributed by atoms with Crippen molar-refractivity contribution in [1.82, 2.24) is 15.3 Å². The number of carbonyl (C=O) groups is 1. The van der Waals surface area contributed by atoms with Crippen molar-refractivity contribution in [2.45, 2.75) is 49.8 Å². The van der Waals surface area contributed by atoms with Gasteiger partial charge in [-0.2, -0.15) is 13.2 Å². The minimum atomic E-state index is -4.59. The number of nitrogens with one attached hydrogen (secondary N) is 1. The zero-order valence-electron chi connectivity index (χ0n) is 14.7. The average molecular weight is 383 g/mol. The lowest BCUT2D eigenvalue weighted by Gasteiger charge is -2.16. The Morgan fingerprint density at radius 1 is 1.19 bits per heavy atom. The van der Waals surface area contributed by atoms with Crippen molar-refractivity contribution < 1.29 is 18.0 Å². The predicted octanol–water partition coefficient (Wildman–Crippen LogP) is 4.56. The molecule has 1 amide bonds. The summed E-state index contributed by atoms with van der Waals surface area (Å²) in [6, 6.07) is 9.48. The number of amides is 1. The van der Waals surface area contributed by atoms with E-state index in [4.69, 9.17) is 0 Å². The van der Waals surface area contributed by atoms with Crippen LogP contribution in [0.25, 0.3) is 11.3 Å². The van der Waals surface area contributed by atoms with Crippen molar-refractivity contribution in [3.05, 3.63) is 42.1 Å². The van der Waals surface area contributed by atoms with E-state index in [1.54, 1.807) is 37.3 Å². The molecule has 1 N–H and O–H groups in total. The molecule has 0 saturated heterocycles. The molecular weight excluding hydrogens is 363 g/mol. The Morgan fingerprint density at radius 2 is 1.85 bits per heavy atom. The summed E-state index contributed by atoms with van der Waals surface area (Å²) in [6.45, 7) is 5.42. The predicted molar refractivity (Wildman–Crippen MR) is 95.7 cm³/mol. The van der Waals surface area contributed by atoms with Gasteiger partial charge in [0.05, 0.1) is 10.9 Å². The van der Waals surface area contributed by atoms with Gasteiger partial charge in [0.2, 0.25) is 5.91 Å². The summed E-state index contributed by atoms with van der Waals surface area (Å²) in [6.07, 6.45) is -3.83. The number of alkyl halides is 3. The monoisotopic (exact) mass is 383 g/mol. The van der Waals surface area contributed by atoms with Crippen molar-refractivity contribution >= 4 is 17.7 Å². The van der Waals surface area contributed by atoms with E-state index >= 15 is 0 Å². The number of halogens is 3. The number of nitrogens with zero attached hydrogens (tertiary/aromatic N) is 2. The number of carbonyl (C=O) groups excluding carboxylic acids is 1. The van der Waals surface area contributed by atoms with E-state index < -0.39 is 17.1 Å². The van der Waals surface area contributed by atoms with Crippen molar-refractivity contribution in [3.63, 3.8) is 0 Å². The van der Waals surface area contributed by atoms with Crippen LogP contribution in [0.4, 0.5) is 13.2 Å². The normalized spacial score (nSPS) is 13.9. The fraction of sp³-hybridized carbons (Fsp3) is 0.389. The molecule has 2 rings (SSSR count). The number of hydrogen-bond acceptors (Lipinski definition) is 4. The summed E-state index contributed by atoms with van der Waals surface area (Å²) in [4.78, 5) is 20.0. The highest BCUT2D eigenvalue weighted by atomic mass is 32.2. The molecular formula is C18H20F3N3OS. The van der Waals surface area contributed by atoms with Crippen LogP contribution in [-0.2, 0) is 11.0 Å². The fourth-order valence-electron chi connectivity index (χ4n) is 2.05.